The summed E-state index contributed by atoms with van der Waals surface area (Å²) >= 11 is 6.33. The zero-order chi connectivity index (χ0) is 19.0. The molecule has 0 bridgehead atoms. The molecule has 148 valence electrons. The highest BCUT2D eigenvalue weighted by molar-refractivity contribution is 6.31. The fraction of sp³-hybridized carbons (Fsp3) is 0.682. The molecule has 1 aromatic carbocycles. The number of hydrogen-bond acceptors (Lipinski definition) is 3. The molecule has 3 aliphatic rings. The number of rotatable bonds is 3. The Labute approximate surface area is 167 Å². The van der Waals surface area contributed by atoms with E-state index in [-0.39, 0.29) is 11.6 Å². The molecule has 4 rings (SSSR count). The van der Waals surface area contributed by atoms with Crippen LogP contribution >= 0.6 is 11.6 Å². The van der Waals surface area contributed by atoms with Crippen molar-refractivity contribution in [1.82, 2.24) is 9.80 Å². The molecule has 5 heteroatoms. The van der Waals surface area contributed by atoms with E-state index in [1.165, 1.54) is 5.56 Å². The molecule has 1 saturated carbocycles. The van der Waals surface area contributed by atoms with Crippen molar-refractivity contribution in [2.24, 2.45) is 0 Å². The number of aliphatic hydroxyl groups is 1. The molecular formula is C22H31ClN2O2. The normalized spacial score (nSPS) is 32.4. The Bertz CT molecular complexity index is 702. The van der Waals surface area contributed by atoms with Crippen LogP contribution in [-0.4, -0.2) is 51.6 Å². The van der Waals surface area contributed by atoms with Crippen molar-refractivity contribution in [3.63, 3.8) is 0 Å². The molecule has 2 aliphatic heterocycles. The summed E-state index contributed by atoms with van der Waals surface area (Å²) < 4.78 is 0. The second-order valence-corrected chi connectivity index (χ2v) is 9.11. The molecule has 0 radical (unpaired) electrons. The summed E-state index contributed by atoms with van der Waals surface area (Å²) in [6.45, 7) is 4.68. The minimum atomic E-state index is -0.328. The van der Waals surface area contributed by atoms with Gasteiger partial charge in [0.2, 0.25) is 5.91 Å². The maximum Gasteiger partial charge on any atom is 0.243 e. The Hall–Kier alpha value is -1.10. The molecule has 1 N–H and O–H groups in total. The van der Waals surface area contributed by atoms with Crippen molar-refractivity contribution in [2.75, 3.05) is 13.1 Å². The first kappa shape index (κ1) is 19.2. The predicted octanol–water partition coefficient (Wildman–Crippen LogP) is 3.91. The van der Waals surface area contributed by atoms with Gasteiger partial charge in [0, 0.05) is 24.2 Å². The van der Waals surface area contributed by atoms with E-state index in [9.17, 15) is 9.90 Å². The van der Waals surface area contributed by atoms with Gasteiger partial charge in [0.25, 0.3) is 0 Å². The van der Waals surface area contributed by atoms with Crippen LogP contribution in [0.1, 0.15) is 62.5 Å². The van der Waals surface area contributed by atoms with Crippen LogP contribution in [0.25, 0.3) is 0 Å². The molecule has 2 heterocycles. The molecule has 1 aliphatic carbocycles. The van der Waals surface area contributed by atoms with E-state index >= 15 is 0 Å². The van der Waals surface area contributed by atoms with Crippen LogP contribution in [0.5, 0.6) is 0 Å². The van der Waals surface area contributed by atoms with Gasteiger partial charge in [-0.15, -0.1) is 0 Å². The van der Waals surface area contributed by atoms with Gasteiger partial charge in [0.15, 0.2) is 0 Å². The molecule has 4 nitrogen and oxygen atoms in total. The molecule has 27 heavy (non-hydrogen) atoms. The van der Waals surface area contributed by atoms with Crippen LogP contribution in [0.4, 0.5) is 0 Å². The largest absolute Gasteiger partial charge is 0.393 e. The van der Waals surface area contributed by atoms with Crippen LogP contribution in [0.15, 0.2) is 18.2 Å². The average molecular weight is 391 g/mol. The number of aliphatic hydroxyl groups excluding tert-OH is 1. The van der Waals surface area contributed by atoms with E-state index < -0.39 is 0 Å². The standard InChI is InChI=1S/C22H31ClN2O2/c1-16-4-5-17(14-20(16)23)15-24-12-2-10-22(24)11-3-13-25(21(22)27)18-6-8-19(26)9-7-18/h4-5,14,18-19,26H,2-3,6-13,15H2,1H3. The number of nitrogens with zero attached hydrogens (tertiary/aromatic N) is 2. The van der Waals surface area contributed by atoms with Crippen molar-refractivity contribution in [1.29, 1.82) is 0 Å². The van der Waals surface area contributed by atoms with Gasteiger partial charge in [-0.25, -0.2) is 0 Å². The Kier molecular flexibility index (Phi) is 5.50. The van der Waals surface area contributed by atoms with Crippen LogP contribution in [-0.2, 0) is 11.3 Å². The molecule has 1 spiro atoms. The number of hydrogen-bond donors (Lipinski definition) is 1. The lowest BCUT2D eigenvalue weighted by Crippen LogP contribution is -2.62. The van der Waals surface area contributed by atoms with Crippen LogP contribution in [0.3, 0.4) is 0 Å². The number of benzene rings is 1. The van der Waals surface area contributed by atoms with Gasteiger partial charge in [0.1, 0.15) is 5.54 Å². The number of halogens is 1. The minimum Gasteiger partial charge on any atom is -0.393 e. The summed E-state index contributed by atoms with van der Waals surface area (Å²) in [7, 11) is 0. The SMILES string of the molecule is Cc1ccc(CN2CCCC23CCCN(C2CCC(O)CC2)C3=O)cc1Cl. The molecule has 2 saturated heterocycles. The summed E-state index contributed by atoms with van der Waals surface area (Å²) in [5, 5.41) is 10.6. The third-order valence-electron chi connectivity index (χ3n) is 6.99. The number of piperidine rings is 1. The van der Waals surface area contributed by atoms with Gasteiger partial charge in [-0.1, -0.05) is 23.7 Å². The highest BCUT2D eigenvalue weighted by Gasteiger charge is 2.51. The first-order valence-corrected chi connectivity index (χ1v) is 10.9. The fourth-order valence-electron chi connectivity index (χ4n) is 5.38. The number of carbonyl (C=O) groups excluding carboxylic acids is 1. The monoisotopic (exact) mass is 390 g/mol. The highest BCUT2D eigenvalue weighted by atomic mass is 35.5. The zero-order valence-corrected chi connectivity index (χ0v) is 17.0. The molecule has 1 unspecified atom stereocenters. The van der Waals surface area contributed by atoms with E-state index in [1.807, 2.05) is 6.92 Å². The summed E-state index contributed by atoms with van der Waals surface area (Å²) in [5.41, 5.74) is 1.96. The van der Waals surface area contributed by atoms with Gasteiger partial charge in [-0.3, -0.25) is 9.69 Å². The van der Waals surface area contributed by atoms with Crippen LogP contribution in [0.2, 0.25) is 5.02 Å². The van der Waals surface area contributed by atoms with Crippen LogP contribution in [0, 0.1) is 6.92 Å². The second kappa shape index (κ2) is 7.73. The van der Waals surface area contributed by atoms with Crippen molar-refractivity contribution in [2.45, 2.75) is 82.5 Å². The molecular weight excluding hydrogens is 360 g/mol. The van der Waals surface area contributed by atoms with Gasteiger partial charge < -0.3 is 10.0 Å². The number of likely N-dealkylation sites (tertiary alicyclic amines) is 2. The molecule has 3 fully saturated rings. The van der Waals surface area contributed by atoms with Crippen molar-refractivity contribution in [3.05, 3.63) is 34.3 Å². The predicted molar refractivity (Wildman–Crippen MR) is 108 cm³/mol. The fourth-order valence-corrected chi connectivity index (χ4v) is 5.58. The Morgan fingerprint density at radius 3 is 2.56 bits per heavy atom. The second-order valence-electron chi connectivity index (χ2n) is 8.70. The quantitative estimate of drug-likeness (QED) is 0.850. The average Bonchev–Trinajstić information content (AvgIpc) is 3.05. The van der Waals surface area contributed by atoms with Crippen LogP contribution < -0.4 is 0 Å². The smallest absolute Gasteiger partial charge is 0.243 e. The lowest BCUT2D eigenvalue weighted by atomic mass is 9.82. The molecule has 0 aromatic heterocycles. The number of carbonyl (C=O) groups is 1. The summed E-state index contributed by atoms with van der Waals surface area (Å²) in [5.74, 6) is 0.339. The number of aryl methyl sites for hydroxylation is 1. The van der Waals surface area contributed by atoms with E-state index in [4.69, 9.17) is 11.6 Å². The third-order valence-corrected chi connectivity index (χ3v) is 7.40. The number of amides is 1. The van der Waals surface area contributed by atoms with Crippen molar-refractivity contribution in [3.8, 4) is 0 Å². The van der Waals surface area contributed by atoms with E-state index in [1.54, 1.807) is 0 Å². The maximum absolute atomic E-state index is 13.6. The maximum atomic E-state index is 13.6. The lowest BCUT2D eigenvalue weighted by Gasteiger charge is -2.48. The molecule has 1 aromatic rings. The lowest BCUT2D eigenvalue weighted by molar-refractivity contribution is -0.152. The van der Waals surface area contributed by atoms with Crippen molar-refractivity contribution >= 4 is 17.5 Å². The highest BCUT2D eigenvalue weighted by Crippen LogP contribution is 2.41. The van der Waals surface area contributed by atoms with Gasteiger partial charge in [0.05, 0.1) is 6.10 Å². The Morgan fingerprint density at radius 2 is 1.85 bits per heavy atom. The van der Waals surface area contributed by atoms with Crippen molar-refractivity contribution < 1.29 is 9.90 Å². The summed E-state index contributed by atoms with van der Waals surface area (Å²) in [6.07, 6.45) is 7.46. The first-order valence-electron chi connectivity index (χ1n) is 10.5. The van der Waals surface area contributed by atoms with E-state index in [2.05, 4.69) is 28.0 Å². The summed E-state index contributed by atoms with van der Waals surface area (Å²) in [4.78, 5) is 18.2. The molecule has 1 amide bonds. The Balaban J connectivity index is 1.52. The third kappa shape index (κ3) is 3.64. The topological polar surface area (TPSA) is 43.8 Å². The Morgan fingerprint density at radius 1 is 1.15 bits per heavy atom. The van der Waals surface area contributed by atoms with Gasteiger partial charge in [-0.2, -0.15) is 0 Å². The molecule has 1 atom stereocenters. The van der Waals surface area contributed by atoms with E-state index in [0.717, 1.165) is 81.6 Å². The van der Waals surface area contributed by atoms with Gasteiger partial charge >= 0.3 is 0 Å². The zero-order valence-electron chi connectivity index (χ0n) is 16.3. The minimum absolute atomic E-state index is 0.177. The van der Waals surface area contributed by atoms with Gasteiger partial charge in [-0.05, 0) is 82.0 Å². The summed E-state index contributed by atoms with van der Waals surface area (Å²) in [6, 6.07) is 6.58. The first-order chi connectivity index (χ1) is 13.0. The van der Waals surface area contributed by atoms with E-state index in [0.29, 0.717) is 11.9 Å².